The van der Waals surface area contributed by atoms with Crippen LogP contribution in [-0.4, -0.2) is 29.0 Å². The summed E-state index contributed by atoms with van der Waals surface area (Å²) in [4.78, 5) is 16.3. The molecule has 2 aromatic rings. The SMILES string of the molecule is CNC(C)Cc1noc(CCC(=O)c2cc(Cl)sc2Cl)n1.Cl. The van der Waals surface area contributed by atoms with E-state index in [1.165, 1.54) is 11.3 Å². The molecular weight excluding hydrogens is 369 g/mol. The number of Topliss-reactive ketones (excluding diaryl/α,β-unsaturated/α-hetero) is 1. The van der Waals surface area contributed by atoms with Gasteiger partial charge >= 0.3 is 0 Å². The van der Waals surface area contributed by atoms with E-state index in [2.05, 4.69) is 15.5 Å². The molecule has 0 saturated carbocycles. The fourth-order valence-corrected chi connectivity index (χ4v) is 3.24. The molecule has 0 aliphatic heterocycles. The third-order valence-corrected chi connectivity index (χ3v) is 4.50. The van der Waals surface area contributed by atoms with Crippen LogP contribution < -0.4 is 5.32 Å². The molecule has 0 amide bonds. The molecule has 1 unspecified atom stereocenters. The summed E-state index contributed by atoms with van der Waals surface area (Å²) in [7, 11) is 1.88. The van der Waals surface area contributed by atoms with Crippen LogP contribution >= 0.6 is 46.9 Å². The molecule has 0 bridgehead atoms. The van der Waals surface area contributed by atoms with Crippen LogP contribution in [0.4, 0.5) is 0 Å². The van der Waals surface area contributed by atoms with Crippen molar-refractivity contribution in [2.45, 2.75) is 32.2 Å². The Bertz CT molecular complexity index is 630. The number of nitrogens with zero attached hydrogens (tertiary/aromatic N) is 2. The molecule has 0 saturated heterocycles. The van der Waals surface area contributed by atoms with Crippen LogP contribution in [0.1, 0.15) is 35.4 Å². The number of thiophene rings is 1. The number of nitrogens with one attached hydrogen (secondary N) is 1. The van der Waals surface area contributed by atoms with Crippen LogP contribution in [0.15, 0.2) is 10.6 Å². The van der Waals surface area contributed by atoms with Gasteiger partial charge in [0.1, 0.15) is 4.34 Å². The summed E-state index contributed by atoms with van der Waals surface area (Å²) in [6.45, 7) is 2.03. The molecule has 0 aliphatic carbocycles. The normalized spacial score (nSPS) is 12.0. The van der Waals surface area contributed by atoms with Crippen molar-refractivity contribution in [2.24, 2.45) is 0 Å². The predicted octanol–water partition coefficient (Wildman–Crippen LogP) is 3.83. The van der Waals surface area contributed by atoms with E-state index in [9.17, 15) is 4.79 Å². The average molecular weight is 385 g/mol. The number of hydrogen-bond donors (Lipinski definition) is 1. The minimum Gasteiger partial charge on any atom is -0.339 e. The summed E-state index contributed by atoms with van der Waals surface area (Å²) in [5.74, 6) is 1.02. The zero-order valence-corrected chi connectivity index (χ0v) is 15.2. The number of aryl methyl sites for hydroxylation is 1. The van der Waals surface area contributed by atoms with Crippen molar-refractivity contribution >= 4 is 52.7 Å². The van der Waals surface area contributed by atoms with Crippen LogP contribution in [0.2, 0.25) is 8.67 Å². The monoisotopic (exact) mass is 383 g/mol. The Morgan fingerprint density at radius 2 is 2.23 bits per heavy atom. The van der Waals surface area contributed by atoms with Crippen LogP contribution in [0.25, 0.3) is 0 Å². The second kappa shape index (κ2) is 8.84. The molecule has 2 rings (SSSR count). The number of aromatic nitrogens is 2. The highest BCUT2D eigenvalue weighted by Gasteiger charge is 2.16. The second-order valence-electron chi connectivity index (χ2n) is 4.66. The molecule has 1 atom stereocenters. The Balaban J connectivity index is 0.00000242. The Morgan fingerprint density at radius 1 is 1.50 bits per heavy atom. The first-order valence-electron chi connectivity index (χ1n) is 6.46. The van der Waals surface area contributed by atoms with Crippen molar-refractivity contribution in [1.82, 2.24) is 15.5 Å². The highest BCUT2D eigenvalue weighted by Crippen LogP contribution is 2.32. The van der Waals surface area contributed by atoms with Gasteiger partial charge in [-0.3, -0.25) is 4.79 Å². The maximum atomic E-state index is 12.0. The van der Waals surface area contributed by atoms with Crippen LogP contribution in [-0.2, 0) is 12.8 Å². The number of halogens is 3. The van der Waals surface area contributed by atoms with E-state index in [-0.39, 0.29) is 30.7 Å². The van der Waals surface area contributed by atoms with Crippen LogP contribution in [0.5, 0.6) is 0 Å². The zero-order valence-electron chi connectivity index (χ0n) is 12.1. The molecule has 22 heavy (non-hydrogen) atoms. The number of carbonyl (C=O) groups excluding carboxylic acids is 1. The number of hydrogen-bond acceptors (Lipinski definition) is 6. The van der Waals surface area contributed by atoms with Crippen molar-refractivity contribution < 1.29 is 9.32 Å². The van der Waals surface area contributed by atoms with E-state index in [1.807, 2.05) is 14.0 Å². The van der Waals surface area contributed by atoms with Crippen molar-refractivity contribution in [3.8, 4) is 0 Å². The molecule has 0 spiro atoms. The fourth-order valence-electron chi connectivity index (χ4n) is 1.74. The zero-order chi connectivity index (χ0) is 15.4. The first-order chi connectivity index (χ1) is 9.99. The van der Waals surface area contributed by atoms with Crippen molar-refractivity contribution in [3.63, 3.8) is 0 Å². The predicted molar refractivity (Wildman–Crippen MR) is 90.8 cm³/mol. The van der Waals surface area contributed by atoms with Crippen molar-refractivity contribution in [2.75, 3.05) is 7.05 Å². The number of likely N-dealkylation sites (N-methyl/N-ethyl adjacent to an activating group) is 1. The van der Waals surface area contributed by atoms with Gasteiger partial charge in [0.2, 0.25) is 5.89 Å². The lowest BCUT2D eigenvalue weighted by Crippen LogP contribution is -2.24. The molecule has 0 radical (unpaired) electrons. The number of ketones is 1. The standard InChI is InChI=1S/C13H15Cl2N3O2S.ClH/c1-7(16-2)5-11-17-12(20-18-11)4-3-9(19)8-6-10(14)21-13(8)15;/h6-7,16H,3-5H2,1-2H3;1H. The number of carbonyl (C=O) groups is 1. The minimum absolute atomic E-state index is 0. The van der Waals surface area contributed by atoms with Gasteiger partial charge in [0.25, 0.3) is 0 Å². The molecule has 0 aromatic carbocycles. The fraction of sp³-hybridized carbons (Fsp3) is 0.462. The first kappa shape index (κ1) is 19.4. The maximum absolute atomic E-state index is 12.0. The van der Waals surface area contributed by atoms with E-state index in [0.29, 0.717) is 38.8 Å². The summed E-state index contributed by atoms with van der Waals surface area (Å²) >= 11 is 13.0. The van der Waals surface area contributed by atoms with Crippen molar-refractivity contribution in [1.29, 1.82) is 0 Å². The van der Waals surface area contributed by atoms with Gasteiger partial charge in [0, 0.05) is 30.9 Å². The summed E-state index contributed by atoms with van der Waals surface area (Å²) in [5, 5.41) is 7.00. The minimum atomic E-state index is -0.0773. The lowest BCUT2D eigenvalue weighted by atomic mass is 10.1. The van der Waals surface area contributed by atoms with Gasteiger partial charge in [0.15, 0.2) is 11.6 Å². The van der Waals surface area contributed by atoms with Gasteiger partial charge in [-0.25, -0.2) is 0 Å². The molecule has 0 fully saturated rings. The smallest absolute Gasteiger partial charge is 0.227 e. The van der Waals surface area contributed by atoms with Gasteiger partial charge < -0.3 is 9.84 Å². The topological polar surface area (TPSA) is 68.0 Å². The number of rotatable bonds is 7. The van der Waals surface area contributed by atoms with E-state index in [0.717, 1.165) is 0 Å². The van der Waals surface area contributed by atoms with E-state index in [1.54, 1.807) is 6.07 Å². The molecule has 0 aliphatic rings. The molecule has 2 aromatic heterocycles. The Morgan fingerprint density at radius 3 is 2.82 bits per heavy atom. The van der Waals surface area contributed by atoms with E-state index in [4.69, 9.17) is 27.7 Å². The molecule has 2 heterocycles. The van der Waals surface area contributed by atoms with Gasteiger partial charge in [0.05, 0.1) is 4.34 Å². The average Bonchev–Trinajstić information content (AvgIpc) is 3.02. The third kappa shape index (κ3) is 5.21. The lowest BCUT2D eigenvalue weighted by Gasteiger charge is -2.04. The third-order valence-electron chi connectivity index (χ3n) is 3.01. The van der Waals surface area contributed by atoms with Gasteiger partial charge in [-0.05, 0) is 20.0 Å². The molecule has 1 N–H and O–H groups in total. The van der Waals surface area contributed by atoms with Gasteiger partial charge in [-0.2, -0.15) is 4.98 Å². The Hall–Kier alpha value is -0.660. The van der Waals surface area contributed by atoms with E-state index < -0.39 is 0 Å². The highest BCUT2D eigenvalue weighted by atomic mass is 35.5. The quantitative estimate of drug-likeness (QED) is 0.735. The summed E-state index contributed by atoms with van der Waals surface area (Å²) < 4.78 is 6.05. The molecule has 9 heteroatoms. The lowest BCUT2D eigenvalue weighted by molar-refractivity contribution is 0.0980. The molecular formula is C13H16Cl3N3O2S. The van der Waals surface area contributed by atoms with Gasteiger partial charge in [-0.15, -0.1) is 23.7 Å². The molecule has 5 nitrogen and oxygen atoms in total. The van der Waals surface area contributed by atoms with Crippen LogP contribution in [0.3, 0.4) is 0 Å². The second-order valence-corrected chi connectivity index (χ2v) is 6.94. The van der Waals surface area contributed by atoms with Crippen molar-refractivity contribution in [3.05, 3.63) is 32.0 Å². The summed E-state index contributed by atoms with van der Waals surface area (Å²) in [6, 6.07) is 1.86. The van der Waals surface area contributed by atoms with Gasteiger partial charge in [-0.1, -0.05) is 28.4 Å². The Kier molecular flexibility index (Phi) is 7.79. The Labute approximate surface area is 148 Å². The van der Waals surface area contributed by atoms with E-state index >= 15 is 0 Å². The van der Waals surface area contributed by atoms with Crippen LogP contribution in [0, 0.1) is 0 Å². The molecule has 122 valence electrons. The first-order valence-corrected chi connectivity index (χ1v) is 8.03. The summed E-state index contributed by atoms with van der Waals surface area (Å²) in [6.07, 6.45) is 1.33. The maximum Gasteiger partial charge on any atom is 0.227 e. The largest absolute Gasteiger partial charge is 0.339 e. The highest BCUT2D eigenvalue weighted by molar-refractivity contribution is 7.20. The summed E-state index contributed by atoms with van der Waals surface area (Å²) in [5.41, 5.74) is 0.454.